The summed E-state index contributed by atoms with van der Waals surface area (Å²) in [5.41, 5.74) is 1.08. The minimum absolute atomic E-state index is 0.228. The van der Waals surface area contributed by atoms with E-state index < -0.39 is 26.0 Å². The molecule has 2 heterocycles. The van der Waals surface area contributed by atoms with Crippen LogP contribution in [0.1, 0.15) is 47.9 Å². The predicted molar refractivity (Wildman–Crippen MR) is 109 cm³/mol. The zero-order valence-electron chi connectivity index (χ0n) is 16.5. The molecule has 9 heteroatoms. The molecule has 0 radical (unpaired) electrons. The highest BCUT2D eigenvalue weighted by molar-refractivity contribution is 6.69. The monoisotopic (exact) mass is 424 g/mol. The molecular formula is C21H20N2O6Si. The molecule has 8 nitrogen and oxygen atoms in total. The van der Waals surface area contributed by atoms with Crippen molar-refractivity contribution in [2.45, 2.75) is 25.6 Å². The fourth-order valence-electron chi connectivity index (χ4n) is 3.55. The van der Waals surface area contributed by atoms with Gasteiger partial charge in [0.25, 0.3) is 23.6 Å². The lowest BCUT2D eigenvalue weighted by atomic mass is 10.1. The number of ether oxygens (including phenoxy) is 1. The van der Waals surface area contributed by atoms with Gasteiger partial charge < -0.3 is 9.53 Å². The summed E-state index contributed by atoms with van der Waals surface area (Å²) in [6.45, 7) is 3.89. The van der Waals surface area contributed by atoms with Gasteiger partial charge in [-0.25, -0.2) is 0 Å². The molecule has 154 valence electrons. The Kier molecular flexibility index (Phi) is 4.79. The van der Waals surface area contributed by atoms with Gasteiger partial charge in [-0.15, -0.1) is 0 Å². The van der Waals surface area contributed by atoms with Crippen molar-refractivity contribution in [2.75, 3.05) is 6.54 Å². The normalized spacial score (nSPS) is 15.4. The summed E-state index contributed by atoms with van der Waals surface area (Å²) in [7, 11) is -2.24. The topological polar surface area (TPSA) is 113 Å². The third-order valence-electron chi connectivity index (χ3n) is 5.06. The van der Waals surface area contributed by atoms with Crippen molar-refractivity contribution in [2.24, 2.45) is 0 Å². The largest absolute Gasteiger partial charge is 0.457 e. The first-order valence-electron chi connectivity index (χ1n) is 9.54. The Hall–Kier alpha value is -3.30. The lowest BCUT2D eigenvalue weighted by Gasteiger charge is -2.17. The molecule has 0 atom stereocenters. The molecule has 0 aliphatic carbocycles. The van der Waals surface area contributed by atoms with E-state index >= 15 is 0 Å². The van der Waals surface area contributed by atoms with Crippen LogP contribution in [0, 0.1) is 0 Å². The number of fused-ring (bicyclic) bond motifs is 2. The van der Waals surface area contributed by atoms with E-state index in [9.17, 15) is 24.0 Å². The van der Waals surface area contributed by atoms with Crippen molar-refractivity contribution in [3.05, 3.63) is 58.7 Å². The maximum absolute atomic E-state index is 12.7. The summed E-state index contributed by atoms with van der Waals surface area (Å²) in [5, 5.41) is 2.21. The molecule has 2 N–H and O–H groups in total. The van der Waals surface area contributed by atoms with Crippen LogP contribution >= 0.6 is 0 Å². The van der Waals surface area contributed by atoms with E-state index in [-0.39, 0.29) is 29.1 Å². The van der Waals surface area contributed by atoms with Crippen molar-refractivity contribution in [1.82, 2.24) is 10.2 Å². The van der Waals surface area contributed by atoms with E-state index in [1.165, 1.54) is 23.1 Å². The molecule has 0 saturated carbocycles. The summed E-state index contributed by atoms with van der Waals surface area (Å²) in [4.78, 5) is 59.9. The van der Waals surface area contributed by atoms with Crippen molar-refractivity contribution in [3.63, 3.8) is 0 Å². The Morgan fingerprint density at radius 3 is 2.10 bits per heavy atom. The number of amides is 4. The zero-order valence-corrected chi connectivity index (χ0v) is 17.5. The fraction of sp³-hybridized carbons (Fsp3) is 0.238. The Labute approximate surface area is 173 Å². The Morgan fingerprint density at radius 1 is 0.867 bits per heavy atom. The molecular weight excluding hydrogens is 404 g/mol. The van der Waals surface area contributed by atoms with E-state index in [0.29, 0.717) is 29.5 Å². The molecule has 2 aliphatic heterocycles. The summed E-state index contributed by atoms with van der Waals surface area (Å²) in [5.74, 6) is -1.01. The summed E-state index contributed by atoms with van der Waals surface area (Å²) in [6.07, 6.45) is 0.556. The van der Waals surface area contributed by atoms with Gasteiger partial charge in [0, 0.05) is 6.54 Å². The van der Waals surface area contributed by atoms with Crippen LogP contribution in [-0.4, -0.2) is 48.2 Å². The second-order valence-electron chi connectivity index (χ2n) is 7.98. The molecule has 0 spiro atoms. The van der Waals surface area contributed by atoms with Crippen LogP contribution in [0.2, 0.25) is 19.1 Å². The van der Waals surface area contributed by atoms with Crippen LogP contribution in [0.5, 0.6) is 11.5 Å². The first-order valence-corrected chi connectivity index (χ1v) is 12.7. The lowest BCUT2D eigenvalue weighted by molar-refractivity contribution is 0.0652. The zero-order chi connectivity index (χ0) is 21.6. The molecule has 30 heavy (non-hydrogen) atoms. The number of nitrogens with zero attached hydrogens (tertiary/aromatic N) is 1. The average molecular weight is 424 g/mol. The number of carbonyl (C=O) groups excluding carboxylic acids is 4. The quantitative estimate of drug-likeness (QED) is 0.544. The fourth-order valence-corrected chi connectivity index (χ4v) is 4.58. The van der Waals surface area contributed by atoms with Gasteiger partial charge in [0.1, 0.15) is 11.5 Å². The maximum atomic E-state index is 12.7. The van der Waals surface area contributed by atoms with E-state index in [1.54, 1.807) is 18.2 Å². The maximum Gasteiger partial charge on any atom is 0.261 e. The summed E-state index contributed by atoms with van der Waals surface area (Å²) in [6, 6.07) is 9.74. The van der Waals surface area contributed by atoms with Gasteiger partial charge in [-0.05, 0) is 62.0 Å². The SMILES string of the molecule is C[Si](C)(O)CCCN1C(=O)c2ccc(Oc3ccc4c(c3)C(=O)NC4=O)cc2C1=O. The number of benzene rings is 2. The first-order chi connectivity index (χ1) is 14.1. The lowest BCUT2D eigenvalue weighted by Crippen LogP contribution is -2.33. The van der Waals surface area contributed by atoms with Crippen LogP contribution in [0.3, 0.4) is 0 Å². The van der Waals surface area contributed by atoms with Crippen LogP contribution < -0.4 is 10.1 Å². The van der Waals surface area contributed by atoms with E-state index in [2.05, 4.69) is 5.32 Å². The molecule has 0 unspecified atom stereocenters. The summed E-state index contributed by atoms with van der Waals surface area (Å²) >= 11 is 0. The van der Waals surface area contributed by atoms with Crippen LogP contribution in [0.25, 0.3) is 0 Å². The predicted octanol–water partition coefficient (Wildman–Crippen LogP) is 2.55. The van der Waals surface area contributed by atoms with Gasteiger partial charge >= 0.3 is 0 Å². The minimum atomic E-state index is -2.24. The second kappa shape index (κ2) is 7.19. The highest BCUT2D eigenvalue weighted by Crippen LogP contribution is 2.31. The van der Waals surface area contributed by atoms with Gasteiger partial charge in [0.2, 0.25) is 0 Å². The first kappa shape index (κ1) is 20.0. The number of rotatable bonds is 6. The van der Waals surface area contributed by atoms with Crippen LogP contribution in [0.4, 0.5) is 0 Å². The molecule has 4 rings (SSSR count). The third-order valence-corrected chi connectivity index (χ3v) is 6.63. The van der Waals surface area contributed by atoms with Crippen molar-refractivity contribution < 1.29 is 28.7 Å². The molecule has 0 bridgehead atoms. The smallest absolute Gasteiger partial charge is 0.261 e. The molecule has 2 aromatic rings. The van der Waals surface area contributed by atoms with Gasteiger partial charge in [-0.3, -0.25) is 29.4 Å². The number of hydrogen-bond acceptors (Lipinski definition) is 6. The molecule has 0 aromatic heterocycles. The van der Waals surface area contributed by atoms with Gasteiger partial charge in [0.05, 0.1) is 22.3 Å². The van der Waals surface area contributed by atoms with E-state index in [0.717, 1.165) is 0 Å². The van der Waals surface area contributed by atoms with Crippen LogP contribution in [0.15, 0.2) is 36.4 Å². The number of hydrogen-bond donors (Lipinski definition) is 2. The highest BCUT2D eigenvalue weighted by Gasteiger charge is 2.36. The van der Waals surface area contributed by atoms with E-state index in [1.807, 2.05) is 13.1 Å². The van der Waals surface area contributed by atoms with Crippen molar-refractivity contribution in [3.8, 4) is 11.5 Å². The number of nitrogens with one attached hydrogen (secondary N) is 1. The summed E-state index contributed by atoms with van der Waals surface area (Å²) < 4.78 is 5.76. The molecule has 4 amide bonds. The Morgan fingerprint density at radius 2 is 1.43 bits per heavy atom. The highest BCUT2D eigenvalue weighted by atomic mass is 28.4. The second-order valence-corrected chi connectivity index (χ2v) is 12.1. The van der Waals surface area contributed by atoms with E-state index in [4.69, 9.17) is 4.74 Å². The standard InChI is InChI=1S/C21H20N2O6Si/c1-30(2,28)9-3-8-23-20(26)15-7-5-13(11-17(15)21(23)27)29-12-4-6-14-16(10-12)19(25)22-18(14)24/h4-7,10-11,28H,3,8-9H2,1-2H3,(H,22,24,25). The van der Waals surface area contributed by atoms with Gasteiger partial charge in [-0.1, -0.05) is 0 Å². The van der Waals surface area contributed by atoms with Crippen LogP contribution in [-0.2, 0) is 0 Å². The molecule has 0 saturated heterocycles. The van der Waals surface area contributed by atoms with Crippen molar-refractivity contribution in [1.29, 1.82) is 0 Å². The average Bonchev–Trinajstić information content (AvgIpc) is 3.08. The van der Waals surface area contributed by atoms with Crippen molar-refractivity contribution >= 4 is 31.9 Å². The number of carbonyl (C=O) groups is 4. The Balaban J connectivity index is 1.52. The van der Waals surface area contributed by atoms with Gasteiger partial charge in [0.15, 0.2) is 8.32 Å². The molecule has 2 aliphatic rings. The Bertz CT molecular complexity index is 1110. The minimum Gasteiger partial charge on any atom is -0.457 e. The van der Waals surface area contributed by atoms with Gasteiger partial charge in [-0.2, -0.15) is 0 Å². The molecule has 2 aromatic carbocycles. The third kappa shape index (κ3) is 3.64. The number of imide groups is 2. The molecule has 0 fully saturated rings.